The standard InChI is InChI=1S/C23H23N3O6S/c1-2-16-5-7-18(8-6-16)31-15-21(28)32-14-20(27)25-10-11-26-22(29)19(33-23(26)30)12-17-4-3-9-24-13-17/h3-9,12-13H,2,10-11,14-15H2,1H3,(H,25,27)/b19-12-. The molecule has 0 atom stereocenters. The molecule has 0 aliphatic carbocycles. The molecule has 0 radical (unpaired) electrons. The monoisotopic (exact) mass is 469 g/mol. The predicted octanol–water partition coefficient (Wildman–Crippen LogP) is 2.42. The number of hydrogen-bond acceptors (Lipinski definition) is 8. The number of hydrogen-bond donors (Lipinski definition) is 1. The minimum absolute atomic E-state index is 0.00555. The van der Waals surface area contributed by atoms with E-state index < -0.39 is 29.6 Å². The van der Waals surface area contributed by atoms with Crippen LogP contribution in [0.3, 0.4) is 0 Å². The van der Waals surface area contributed by atoms with E-state index in [1.54, 1.807) is 42.7 Å². The summed E-state index contributed by atoms with van der Waals surface area (Å²) in [5, 5.41) is 2.10. The third kappa shape index (κ3) is 7.18. The average Bonchev–Trinajstić information content (AvgIpc) is 3.09. The first-order valence-electron chi connectivity index (χ1n) is 10.3. The second kappa shape index (κ2) is 11.8. The Morgan fingerprint density at radius 1 is 1.15 bits per heavy atom. The Kier molecular flexibility index (Phi) is 8.59. The van der Waals surface area contributed by atoms with Crippen molar-refractivity contribution in [2.24, 2.45) is 0 Å². The zero-order valence-corrected chi connectivity index (χ0v) is 18.8. The molecule has 0 unspecified atom stereocenters. The maximum Gasteiger partial charge on any atom is 0.344 e. The van der Waals surface area contributed by atoms with Gasteiger partial charge in [-0.3, -0.25) is 24.3 Å². The molecule has 172 valence electrons. The van der Waals surface area contributed by atoms with Gasteiger partial charge in [0.25, 0.3) is 17.1 Å². The van der Waals surface area contributed by atoms with Crippen LogP contribution in [0.2, 0.25) is 0 Å². The van der Waals surface area contributed by atoms with E-state index in [2.05, 4.69) is 10.3 Å². The molecule has 0 saturated carbocycles. The Morgan fingerprint density at radius 2 is 1.94 bits per heavy atom. The lowest BCUT2D eigenvalue weighted by Gasteiger charge is -2.13. The van der Waals surface area contributed by atoms with Gasteiger partial charge in [-0.25, -0.2) is 4.79 Å². The molecule has 1 aliphatic heterocycles. The number of pyridine rings is 1. The first-order chi connectivity index (χ1) is 16.0. The third-order valence-corrected chi connectivity index (χ3v) is 5.47. The summed E-state index contributed by atoms with van der Waals surface area (Å²) in [5.74, 6) is -1.13. The molecule has 1 aromatic heterocycles. The number of nitrogens with one attached hydrogen (secondary N) is 1. The van der Waals surface area contributed by atoms with Crippen LogP contribution in [0.1, 0.15) is 18.1 Å². The quantitative estimate of drug-likeness (QED) is 0.417. The number of carbonyl (C=O) groups excluding carboxylic acids is 4. The summed E-state index contributed by atoms with van der Waals surface area (Å²) in [4.78, 5) is 53.5. The van der Waals surface area contributed by atoms with Crippen LogP contribution in [-0.2, 0) is 25.5 Å². The Morgan fingerprint density at radius 3 is 2.64 bits per heavy atom. The Labute approximate surface area is 195 Å². The molecule has 2 heterocycles. The number of aromatic nitrogens is 1. The smallest absolute Gasteiger partial charge is 0.344 e. The van der Waals surface area contributed by atoms with Crippen molar-refractivity contribution in [2.45, 2.75) is 13.3 Å². The number of esters is 1. The lowest BCUT2D eigenvalue weighted by atomic mass is 10.2. The summed E-state index contributed by atoms with van der Waals surface area (Å²) < 4.78 is 10.2. The summed E-state index contributed by atoms with van der Waals surface area (Å²) in [5.41, 5.74) is 1.86. The van der Waals surface area contributed by atoms with E-state index in [0.29, 0.717) is 11.3 Å². The maximum absolute atomic E-state index is 12.4. The first-order valence-corrected chi connectivity index (χ1v) is 11.1. The molecule has 1 aromatic carbocycles. The van der Waals surface area contributed by atoms with E-state index in [4.69, 9.17) is 9.47 Å². The molecule has 33 heavy (non-hydrogen) atoms. The summed E-state index contributed by atoms with van der Waals surface area (Å²) in [6.45, 7) is 1.27. The zero-order chi connectivity index (χ0) is 23.6. The SMILES string of the molecule is CCc1ccc(OCC(=O)OCC(=O)NCCN2C(=O)S/C(=C\c3cccnc3)C2=O)cc1. The molecule has 1 saturated heterocycles. The van der Waals surface area contributed by atoms with E-state index in [-0.39, 0.29) is 24.6 Å². The molecular weight excluding hydrogens is 446 g/mol. The summed E-state index contributed by atoms with van der Waals surface area (Å²) in [6, 6.07) is 10.8. The molecule has 10 heteroatoms. The van der Waals surface area contributed by atoms with Crippen molar-refractivity contribution in [1.82, 2.24) is 15.2 Å². The van der Waals surface area contributed by atoms with E-state index in [9.17, 15) is 19.2 Å². The Balaban J connectivity index is 1.35. The highest BCUT2D eigenvalue weighted by Crippen LogP contribution is 2.31. The molecule has 9 nitrogen and oxygen atoms in total. The second-order valence-electron chi connectivity index (χ2n) is 6.92. The lowest BCUT2D eigenvalue weighted by Crippen LogP contribution is -2.38. The number of carbonyl (C=O) groups is 4. The Bertz CT molecular complexity index is 1040. The molecule has 3 rings (SSSR count). The molecule has 1 fully saturated rings. The van der Waals surface area contributed by atoms with Gasteiger partial charge in [0, 0.05) is 25.5 Å². The fourth-order valence-electron chi connectivity index (χ4n) is 2.81. The highest BCUT2D eigenvalue weighted by molar-refractivity contribution is 8.18. The van der Waals surface area contributed by atoms with Gasteiger partial charge < -0.3 is 14.8 Å². The van der Waals surface area contributed by atoms with Crippen molar-refractivity contribution in [1.29, 1.82) is 0 Å². The number of ether oxygens (including phenoxy) is 2. The lowest BCUT2D eigenvalue weighted by molar-refractivity contribution is -0.150. The third-order valence-electron chi connectivity index (χ3n) is 4.57. The Hall–Kier alpha value is -3.66. The largest absolute Gasteiger partial charge is 0.482 e. The van der Waals surface area contributed by atoms with Crippen LogP contribution < -0.4 is 10.1 Å². The summed E-state index contributed by atoms with van der Waals surface area (Å²) >= 11 is 0.830. The van der Waals surface area contributed by atoms with Gasteiger partial charge in [-0.05, 0) is 53.6 Å². The fraction of sp³-hybridized carbons (Fsp3) is 0.261. The fourth-order valence-corrected chi connectivity index (χ4v) is 3.68. The maximum atomic E-state index is 12.4. The van der Waals surface area contributed by atoms with Gasteiger partial charge >= 0.3 is 5.97 Å². The molecule has 2 aromatic rings. The van der Waals surface area contributed by atoms with Crippen LogP contribution in [-0.4, -0.2) is 59.2 Å². The van der Waals surface area contributed by atoms with Crippen LogP contribution in [0.4, 0.5) is 4.79 Å². The van der Waals surface area contributed by atoms with Crippen LogP contribution in [0.5, 0.6) is 5.75 Å². The predicted molar refractivity (Wildman–Crippen MR) is 122 cm³/mol. The van der Waals surface area contributed by atoms with E-state index >= 15 is 0 Å². The highest BCUT2D eigenvalue weighted by atomic mass is 32.2. The van der Waals surface area contributed by atoms with Crippen molar-refractivity contribution >= 4 is 40.9 Å². The van der Waals surface area contributed by atoms with Gasteiger partial charge in [0.1, 0.15) is 5.75 Å². The molecule has 3 amide bonds. The topological polar surface area (TPSA) is 115 Å². The van der Waals surface area contributed by atoms with E-state index in [1.807, 2.05) is 19.1 Å². The van der Waals surface area contributed by atoms with Crippen molar-refractivity contribution in [3.05, 3.63) is 64.8 Å². The molecular formula is C23H23N3O6S. The van der Waals surface area contributed by atoms with Gasteiger partial charge in [0.05, 0.1) is 4.91 Å². The number of benzene rings is 1. The van der Waals surface area contributed by atoms with Gasteiger partial charge in [0.15, 0.2) is 13.2 Å². The van der Waals surface area contributed by atoms with Crippen LogP contribution in [0.25, 0.3) is 6.08 Å². The van der Waals surface area contributed by atoms with E-state index in [1.165, 1.54) is 0 Å². The van der Waals surface area contributed by atoms with Gasteiger partial charge in [-0.15, -0.1) is 0 Å². The van der Waals surface area contributed by atoms with Gasteiger partial charge in [-0.1, -0.05) is 25.1 Å². The summed E-state index contributed by atoms with van der Waals surface area (Å²) in [6.07, 6.45) is 5.69. The number of nitrogens with zero attached hydrogens (tertiary/aromatic N) is 2. The van der Waals surface area contributed by atoms with Crippen LogP contribution in [0, 0.1) is 0 Å². The number of aryl methyl sites for hydroxylation is 1. The van der Waals surface area contributed by atoms with Gasteiger partial charge in [0.2, 0.25) is 0 Å². The van der Waals surface area contributed by atoms with Crippen molar-refractivity contribution in [3.8, 4) is 5.75 Å². The molecule has 0 spiro atoms. The van der Waals surface area contributed by atoms with Crippen molar-refractivity contribution in [2.75, 3.05) is 26.3 Å². The zero-order valence-electron chi connectivity index (χ0n) is 18.0. The molecule has 1 aliphatic rings. The molecule has 0 bridgehead atoms. The number of thioether (sulfide) groups is 1. The number of imide groups is 1. The first kappa shape index (κ1) is 24.0. The number of rotatable bonds is 10. The normalized spacial score (nSPS) is 14.5. The minimum atomic E-state index is -0.684. The van der Waals surface area contributed by atoms with Crippen LogP contribution in [0.15, 0.2) is 53.7 Å². The average molecular weight is 470 g/mol. The number of amides is 3. The van der Waals surface area contributed by atoms with Crippen molar-refractivity contribution in [3.63, 3.8) is 0 Å². The molecule has 1 N–H and O–H groups in total. The van der Waals surface area contributed by atoms with E-state index in [0.717, 1.165) is 28.6 Å². The summed E-state index contributed by atoms with van der Waals surface area (Å²) in [7, 11) is 0. The van der Waals surface area contributed by atoms with Crippen molar-refractivity contribution < 1.29 is 28.7 Å². The minimum Gasteiger partial charge on any atom is -0.482 e. The van der Waals surface area contributed by atoms with Gasteiger partial charge in [-0.2, -0.15) is 0 Å². The van der Waals surface area contributed by atoms with Crippen LogP contribution >= 0.6 is 11.8 Å². The second-order valence-corrected chi connectivity index (χ2v) is 7.91. The highest BCUT2D eigenvalue weighted by Gasteiger charge is 2.34.